The van der Waals surface area contributed by atoms with Gasteiger partial charge >= 0.3 is 0 Å². The first-order valence-electron chi connectivity index (χ1n) is 5.50. The summed E-state index contributed by atoms with van der Waals surface area (Å²) in [5.41, 5.74) is 8.17. The Bertz CT molecular complexity index is 354. The Balaban J connectivity index is 3.00. The minimum Gasteiger partial charge on any atom is -0.399 e. The lowest BCUT2D eigenvalue weighted by atomic mass is 9.91. The van der Waals surface area contributed by atoms with Crippen molar-refractivity contribution < 1.29 is 4.79 Å². The highest BCUT2D eigenvalue weighted by atomic mass is 16.1. The van der Waals surface area contributed by atoms with Crippen LogP contribution in [0.5, 0.6) is 0 Å². The summed E-state index contributed by atoms with van der Waals surface area (Å²) in [5, 5.41) is 0. The molecule has 1 aromatic carbocycles. The summed E-state index contributed by atoms with van der Waals surface area (Å²) < 4.78 is 0. The number of rotatable bonds is 4. The van der Waals surface area contributed by atoms with Crippen molar-refractivity contribution in [3.63, 3.8) is 0 Å². The molecule has 15 heavy (non-hydrogen) atoms. The third-order valence-corrected chi connectivity index (χ3v) is 2.87. The highest BCUT2D eigenvalue weighted by molar-refractivity contribution is 5.99. The van der Waals surface area contributed by atoms with Crippen LogP contribution in [-0.4, -0.2) is 5.78 Å². The third kappa shape index (κ3) is 2.58. The number of benzene rings is 1. The normalized spacial score (nSPS) is 10.7. The summed E-state index contributed by atoms with van der Waals surface area (Å²) in [6.07, 6.45) is 1.80. The zero-order valence-corrected chi connectivity index (χ0v) is 9.71. The number of anilines is 1. The van der Waals surface area contributed by atoms with Gasteiger partial charge in [0.25, 0.3) is 0 Å². The molecule has 0 radical (unpaired) electrons. The van der Waals surface area contributed by atoms with Crippen LogP contribution in [0.15, 0.2) is 18.2 Å². The van der Waals surface area contributed by atoms with Gasteiger partial charge in [-0.05, 0) is 43.5 Å². The van der Waals surface area contributed by atoms with Crippen LogP contribution in [0.4, 0.5) is 5.69 Å². The number of aryl methyl sites for hydroxylation is 1. The van der Waals surface area contributed by atoms with Gasteiger partial charge in [-0.15, -0.1) is 0 Å². The molecule has 0 fully saturated rings. The molecule has 0 heterocycles. The van der Waals surface area contributed by atoms with E-state index in [2.05, 4.69) is 13.8 Å². The molecular formula is C13H19NO. The smallest absolute Gasteiger partial charge is 0.166 e. The van der Waals surface area contributed by atoms with E-state index in [1.807, 2.05) is 19.1 Å². The van der Waals surface area contributed by atoms with E-state index in [1.165, 1.54) is 0 Å². The molecule has 1 aromatic rings. The van der Waals surface area contributed by atoms with Crippen LogP contribution in [0.25, 0.3) is 0 Å². The molecule has 2 nitrogen and oxygen atoms in total. The van der Waals surface area contributed by atoms with Gasteiger partial charge in [-0.2, -0.15) is 0 Å². The van der Waals surface area contributed by atoms with Gasteiger partial charge in [0.2, 0.25) is 0 Å². The highest BCUT2D eigenvalue weighted by Gasteiger charge is 2.17. The summed E-state index contributed by atoms with van der Waals surface area (Å²) in [6.45, 7) is 6.05. The zero-order valence-electron chi connectivity index (χ0n) is 9.71. The van der Waals surface area contributed by atoms with Crippen LogP contribution in [0.1, 0.15) is 42.6 Å². The highest BCUT2D eigenvalue weighted by Crippen LogP contribution is 2.20. The zero-order chi connectivity index (χ0) is 11.4. The largest absolute Gasteiger partial charge is 0.399 e. The van der Waals surface area contributed by atoms with Gasteiger partial charge in [-0.1, -0.05) is 13.8 Å². The minimum absolute atomic E-state index is 0.146. The van der Waals surface area contributed by atoms with E-state index in [9.17, 15) is 4.79 Å². The van der Waals surface area contributed by atoms with Gasteiger partial charge in [-0.25, -0.2) is 0 Å². The molecule has 0 bridgehead atoms. The average Bonchev–Trinajstić information content (AvgIpc) is 2.19. The van der Waals surface area contributed by atoms with Crippen molar-refractivity contribution in [1.29, 1.82) is 0 Å². The van der Waals surface area contributed by atoms with Gasteiger partial charge in [0.1, 0.15) is 0 Å². The summed E-state index contributed by atoms with van der Waals surface area (Å²) in [5.74, 6) is 0.393. The molecule has 0 unspecified atom stereocenters. The quantitative estimate of drug-likeness (QED) is 0.606. The van der Waals surface area contributed by atoms with E-state index in [0.29, 0.717) is 5.69 Å². The first-order valence-corrected chi connectivity index (χ1v) is 5.50. The van der Waals surface area contributed by atoms with E-state index in [-0.39, 0.29) is 11.7 Å². The number of Topliss-reactive ketones (excluding diaryl/α,β-unsaturated/α-hetero) is 1. The van der Waals surface area contributed by atoms with Crippen LogP contribution in [0.3, 0.4) is 0 Å². The Morgan fingerprint density at radius 3 is 2.40 bits per heavy atom. The number of carbonyl (C=O) groups excluding carboxylic acids is 1. The maximum Gasteiger partial charge on any atom is 0.166 e. The molecule has 82 valence electrons. The Morgan fingerprint density at radius 1 is 1.33 bits per heavy atom. The summed E-state index contributed by atoms with van der Waals surface area (Å²) in [4.78, 5) is 12.1. The first kappa shape index (κ1) is 11.8. The molecule has 0 aromatic heterocycles. The molecule has 1 rings (SSSR count). The fraction of sp³-hybridized carbons (Fsp3) is 0.462. The van der Waals surface area contributed by atoms with Crippen molar-refractivity contribution in [3.05, 3.63) is 29.3 Å². The van der Waals surface area contributed by atoms with Crippen molar-refractivity contribution >= 4 is 11.5 Å². The van der Waals surface area contributed by atoms with Crippen LogP contribution >= 0.6 is 0 Å². The maximum atomic E-state index is 12.1. The van der Waals surface area contributed by atoms with Gasteiger partial charge < -0.3 is 5.73 Å². The lowest BCUT2D eigenvalue weighted by Crippen LogP contribution is -2.14. The van der Waals surface area contributed by atoms with E-state index in [1.54, 1.807) is 6.07 Å². The number of nitrogens with two attached hydrogens (primary N) is 1. The first-order chi connectivity index (χ1) is 7.10. The second-order valence-corrected chi connectivity index (χ2v) is 3.95. The van der Waals surface area contributed by atoms with Crippen LogP contribution in [0, 0.1) is 12.8 Å². The standard InChI is InChI=1S/C13H19NO/c1-4-10(5-2)13(15)12-7-6-11(14)8-9(12)3/h6-8,10H,4-5,14H2,1-3H3. The number of hydrogen-bond donors (Lipinski definition) is 1. The van der Waals surface area contributed by atoms with Gasteiger partial charge in [0, 0.05) is 17.2 Å². The van der Waals surface area contributed by atoms with Gasteiger partial charge in [0.15, 0.2) is 5.78 Å². The van der Waals surface area contributed by atoms with Crippen LogP contribution in [-0.2, 0) is 0 Å². The van der Waals surface area contributed by atoms with E-state index in [0.717, 1.165) is 24.0 Å². The van der Waals surface area contributed by atoms with Crippen molar-refractivity contribution in [2.75, 3.05) is 5.73 Å². The molecule has 2 heteroatoms. The molecule has 0 aliphatic rings. The Labute approximate surface area is 91.5 Å². The SMILES string of the molecule is CCC(CC)C(=O)c1ccc(N)cc1C. The fourth-order valence-electron chi connectivity index (χ4n) is 1.84. The lowest BCUT2D eigenvalue weighted by molar-refractivity contribution is 0.0913. The monoisotopic (exact) mass is 205 g/mol. The molecule has 2 N–H and O–H groups in total. The molecule has 0 amide bonds. The maximum absolute atomic E-state index is 12.1. The predicted molar refractivity (Wildman–Crippen MR) is 64.0 cm³/mol. The molecular weight excluding hydrogens is 186 g/mol. The molecule has 0 aliphatic carbocycles. The molecule has 0 saturated carbocycles. The minimum atomic E-state index is 0.146. The molecule has 0 saturated heterocycles. The Hall–Kier alpha value is -1.31. The van der Waals surface area contributed by atoms with Crippen molar-refractivity contribution in [2.24, 2.45) is 5.92 Å². The molecule has 0 spiro atoms. The lowest BCUT2D eigenvalue weighted by Gasteiger charge is -2.13. The average molecular weight is 205 g/mol. The van der Waals surface area contributed by atoms with Crippen molar-refractivity contribution in [1.82, 2.24) is 0 Å². The summed E-state index contributed by atoms with van der Waals surface area (Å²) >= 11 is 0. The van der Waals surface area contributed by atoms with E-state index < -0.39 is 0 Å². The van der Waals surface area contributed by atoms with Gasteiger partial charge in [-0.3, -0.25) is 4.79 Å². The second-order valence-electron chi connectivity index (χ2n) is 3.95. The molecule has 0 atom stereocenters. The topological polar surface area (TPSA) is 43.1 Å². The number of ketones is 1. The predicted octanol–water partition coefficient (Wildman–Crippen LogP) is 3.20. The van der Waals surface area contributed by atoms with Crippen LogP contribution < -0.4 is 5.73 Å². The van der Waals surface area contributed by atoms with Crippen molar-refractivity contribution in [2.45, 2.75) is 33.6 Å². The number of nitrogen functional groups attached to an aromatic ring is 1. The third-order valence-electron chi connectivity index (χ3n) is 2.87. The number of carbonyl (C=O) groups is 1. The van der Waals surface area contributed by atoms with E-state index in [4.69, 9.17) is 5.73 Å². The van der Waals surface area contributed by atoms with E-state index >= 15 is 0 Å². The number of hydrogen-bond acceptors (Lipinski definition) is 2. The Kier molecular flexibility index (Phi) is 3.89. The van der Waals surface area contributed by atoms with Crippen LogP contribution in [0.2, 0.25) is 0 Å². The second kappa shape index (κ2) is 4.96. The Morgan fingerprint density at radius 2 is 1.93 bits per heavy atom. The summed E-state index contributed by atoms with van der Waals surface area (Å²) in [6, 6.07) is 5.49. The molecule has 0 aliphatic heterocycles. The van der Waals surface area contributed by atoms with Crippen molar-refractivity contribution in [3.8, 4) is 0 Å². The summed E-state index contributed by atoms with van der Waals surface area (Å²) in [7, 11) is 0. The van der Waals surface area contributed by atoms with Gasteiger partial charge in [0.05, 0.1) is 0 Å². The fourth-order valence-corrected chi connectivity index (χ4v) is 1.84.